The van der Waals surface area contributed by atoms with Crippen LogP contribution in [-0.4, -0.2) is 20.2 Å². The van der Waals surface area contributed by atoms with Gasteiger partial charge in [-0.15, -0.1) is 0 Å². The lowest BCUT2D eigenvalue weighted by Gasteiger charge is -2.19. The van der Waals surface area contributed by atoms with Crippen molar-refractivity contribution in [1.82, 2.24) is 9.13 Å². The zero-order valence-electron chi connectivity index (χ0n) is 18.8. The molecule has 4 aromatic rings. The Balaban J connectivity index is 1.59. The van der Waals surface area contributed by atoms with E-state index in [1.54, 1.807) is 28.8 Å². The van der Waals surface area contributed by atoms with Gasteiger partial charge in [-0.2, -0.15) is 0 Å². The standard InChI is InChI=1S/C27H23ClN2O4/c1-26(2)21-8-7-20(13-17(21)15-34-26)29-23-14-19(28)6-9-22(23)30(25(29)33)27(10-11-27)18-5-3-4-16(12-18)24(31)32/h3-9,12-14H,10-11,15H2,1-2H3,(H,31,32). The van der Waals surface area contributed by atoms with Crippen molar-refractivity contribution in [2.75, 3.05) is 0 Å². The number of hydrogen-bond donors (Lipinski definition) is 1. The van der Waals surface area contributed by atoms with Gasteiger partial charge in [-0.1, -0.05) is 29.8 Å². The second-order valence-corrected chi connectivity index (χ2v) is 10.1. The van der Waals surface area contributed by atoms with Crippen molar-refractivity contribution in [2.45, 2.75) is 44.4 Å². The van der Waals surface area contributed by atoms with E-state index in [0.717, 1.165) is 46.3 Å². The Bertz CT molecular complexity index is 1560. The van der Waals surface area contributed by atoms with Gasteiger partial charge in [0.2, 0.25) is 0 Å². The van der Waals surface area contributed by atoms with Crippen LogP contribution in [0.25, 0.3) is 16.7 Å². The highest BCUT2D eigenvalue weighted by molar-refractivity contribution is 6.31. The van der Waals surface area contributed by atoms with Crippen molar-refractivity contribution >= 4 is 28.6 Å². The van der Waals surface area contributed by atoms with Gasteiger partial charge >= 0.3 is 11.7 Å². The Morgan fingerprint density at radius 3 is 2.56 bits per heavy atom. The first kappa shape index (κ1) is 21.2. The summed E-state index contributed by atoms with van der Waals surface area (Å²) in [6.07, 6.45) is 1.51. The van der Waals surface area contributed by atoms with E-state index in [1.165, 1.54) is 0 Å². The predicted molar refractivity (Wildman–Crippen MR) is 130 cm³/mol. The van der Waals surface area contributed by atoms with Crippen LogP contribution < -0.4 is 5.69 Å². The van der Waals surface area contributed by atoms with Crippen LogP contribution >= 0.6 is 11.6 Å². The molecule has 1 fully saturated rings. The first-order chi connectivity index (χ1) is 16.2. The number of carboxylic acids is 1. The minimum Gasteiger partial charge on any atom is -0.478 e. The molecule has 2 aliphatic rings. The number of rotatable bonds is 4. The Morgan fingerprint density at radius 1 is 1.03 bits per heavy atom. The van der Waals surface area contributed by atoms with Gasteiger partial charge in [0.25, 0.3) is 0 Å². The van der Waals surface area contributed by atoms with Crippen molar-refractivity contribution in [3.63, 3.8) is 0 Å². The van der Waals surface area contributed by atoms with Gasteiger partial charge in [-0.25, -0.2) is 9.59 Å². The number of carbonyl (C=O) groups is 1. The van der Waals surface area contributed by atoms with Gasteiger partial charge in [0.15, 0.2) is 0 Å². The van der Waals surface area contributed by atoms with Crippen molar-refractivity contribution in [3.8, 4) is 5.69 Å². The Morgan fingerprint density at radius 2 is 1.82 bits per heavy atom. The van der Waals surface area contributed by atoms with Gasteiger partial charge in [0.05, 0.1) is 40.0 Å². The highest BCUT2D eigenvalue weighted by Crippen LogP contribution is 2.50. The van der Waals surface area contributed by atoms with Crippen molar-refractivity contribution < 1.29 is 14.6 Å². The molecule has 0 amide bonds. The minimum absolute atomic E-state index is 0.173. The van der Waals surface area contributed by atoms with Gasteiger partial charge in [-0.05, 0) is 85.8 Å². The molecule has 2 heterocycles. The van der Waals surface area contributed by atoms with E-state index in [2.05, 4.69) is 0 Å². The third-order valence-corrected chi connectivity index (χ3v) is 7.42. The Labute approximate surface area is 201 Å². The molecule has 0 saturated heterocycles. The fourth-order valence-corrected chi connectivity index (χ4v) is 5.46. The summed E-state index contributed by atoms with van der Waals surface area (Å²) in [6, 6.07) is 18.3. The van der Waals surface area contributed by atoms with E-state index in [1.807, 2.05) is 54.8 Å². The average molecular weight is 475 g/mol. The Hall–Kier alpha value is -3.35. The maximum atomic E-state index is 14.0. The fourth-order valence-electron chi connectivity index (χ4n) is 5.30. The van der Waals surface area contributed by atoms with E-state index < -0.39 is 11.5 Å². The van der Waals surface area contributed by atoms with Crippen LogP contribution in [0, 0.1) is 0 Å². The molecule has 0 spiro atoms. The smallest absolute Gasteiger partial charge is 0.335 e. The molecule has 0 atom stereocenters. The summed E-state index contributed by atoms with van der Waals surface area (Å²) in [5.74, 6) is -0.984. The van der Waals surface area contributed by atoms with Crippen molar-refractivity contribution in [1.29, 1.82) is 0 Å². The van der Waals surface area contributed by atoms with Crippen LogP contribution in [0.1, 0.15) is 53.7 Å². The molecule has 172 valence electrons. The summed E-state index contributed by atoms with van der Waals surface area (Å²) < 4.78 is 9.45. The van der Waals surface area contributed by atoms with E-state index in [9.17, 15) is 14.7 Å². The number of fused-ring (bicyclic) bond motifs is 2. The zero-order chi connectivity index (χ0) is 23.8. The predicted octanol–water partition coefficient (Wildman–Crippen LogP) is 5.45. The molecule has 7 heteroatoms. The monoisotopic (exact) mass is 474 g/mol. The summed E-state index contributed by atoms with van der Waals surface area (Å²) in [5, 5.41) is 10.0. The SMILES string of the molecule is CC1(C)OCc2cc(-n3c(=O)n(C4(c5cccc(C(=O)O)c5)CC4)c4ccc(Cl)cc43)ccc21. The van der Waals surface area contributed by atoms with Gasteiger partial charge < -0.3 is 9.84 Å². The third kappa shape index (κ3) is 2.99. The summed E-state index contributed by atoms with van der Waals surface area (Å²) in [7, 11) is 0. The van der Waals surface area contributed by atoms with Gasteiger partial charge in [0, 0.05) is 5.02 Å². The van der Waals surface area contributed by atoms with Crippen LogP contribution in [0.5, 0.6) is 0 Å². The van der Waals surface area contributed by atoms with Gasteiger partial charge in [0.1, 0.15) is 0 Å². The summed E-state index contributed by atoms with van der Waals surface area (Å²) in [4.78, 5) is 25.6. The largest absolute Gasteiger partial charge is 0.478 e. The number of aromatic nitrogens is 2. The first-order valence-corrected chi connectivity index (χ1v) is 11.6. The second-order valence-electron chi connectivity index (χ2n) is 9.64. The summed E-state index contributed by atoms with van der Waals surface area (Å²) >= 11 is 6.36. The summed E-state index contributed by atoms with van der Waals surface area (Å²) in [6.45, 7) is 4.58. The summed E-state index contributed by atoms with van der Waals surface area (Å²) in [5.41, 5.74) is 4.35. The molecule has 1 N–H and O–H groups in total. The highest BCUT2D eigenvalue weighted by atomic mass is 35.5. The van der Waals surface area contributed by atoms with Crippen molar-refractivity contribution in [2.24, 2.45) is 0 Å². The van der Waals surface area contributed by atoms with Crippen LogP contribution in [0.3, 0.4) is 0 Å². The highest BCUT2D eigenvalue weighted by Gasteiger charge is 2.49. The van der Waals surface area contributed by atoms with E-state index in [0.29, 0.717) is 11.6 Å². The number of imidazole rings is 1. The molecule has 3 aromatic carbocycles. The minimum atomic E-state index is -0.984. The Kier molecular flexibility index (Phi) is 4.41. The van der Waals surface area contributed by atoms with Crippen molar-refractivity contribution in [3.05, 3.63) is 98.4 Å². The maximum absolute atomic E-state index is 14.0. The zero-order valence-corrected chi connectivity index (χ0v) is 19.6. The van der Waals surface area contributed by atoms with Gasteiger partial charge in [-0.3, -0.25) is 9.13 Å². The van der Waals surface area contributed by atoms with E-state index >= 15 is 0 Å². The lowest BCUT2D eigenvalue weighted by atomic mass is 9.96. The first-order valence-electron chi connectivity index (χ1n) is 11.3. The number of hydrogen-bond acceptors (Lipinski definition) is 3. The molecule has 1 aromatic heterocycles. The number of carboxylic acid groups (broad SMARTS) is 1. The lowest BCUT2D eigenvalue weighted by molar-refractivity contribution is -0.00789. The molecule has 34 heavy (non-hydrogen) atoms. The normalized spacial score (nSPS) is 17.6. The van der Waals surface area contributed by atoms with Crippen LogP contribution in [0.15, 0.2) is 65.5 Å². The number of aromatic carboxylic acids is 1. The van der Waals surface area contributed by atoms with E-state index in [4.69, 9.17) is 16.3 Å². The molecule has 6 nitrogen and oxygen atoms in total. The van der Waals surface area contributed by atoms with Crippen LogP contribution in [-0.2, 0) is 22.5 Å². The molecule has 1 aliphatic heterocycles. The lowest BCUT2D eigenvalue weighted by Crippen LogP contribution is -2.32. The molecule has 0 bridgehead atoms. The maximum Gasteiger partial charge on any atom is 0.335 e. The quantitative estimate of drug-likeness (QED) is 0.427. The number of benzene rings is 3. The molecular formula is C27H23ClN2O4. The number of ether oxygens (including phenoxy) is 1. The molecule has 1 saturated carbocycles. The molecular weight excluding hydrogens is 452 g/mol. The second kappa shape index (κ2) is 7.08. The van der Waals surface area contributed by atoms with E-state index in [-0.39, 0.29) is 16.9 Å². The molecule has 0 unspecified atom stereocenters. The molecule has 6 rings (SSSR count). The fraction of sp³-hybridized carbons (Fsp3) is 0.259. The average Bonchev–Trinajstić information content (AvgIpc) is 3.48. The third-order valence-electron chi connectivity index (χ3n) is 7.18. The molecule has 1 aliphatic carbocycles. The number of halogens is 1. The molecule has 0 radical (unpaired) electrons. The van der Waals surface area contributed by atoms with Crippen LogP contribution in [0.2, 0.25) is 5.02 Å². The topological polar surface area (TPSA) is 73.5 Å². The number of nitrogens with zero attached hydrogens (tertiary/aromatic N) is 2. The van der Waals surface area contributed by atoms with Crippen LogP contribution in [0.4, 0.5) is 0 Å².